The van der Waals surface area contributed by atoms with Gasteiger partial charge in [0.05, 0.1) is 5.69 Å². The summed E-state index contributed by atoms with van der Waals surface area (Å²) in [4.78, 5) is 6.85. The van der Waals surface area contributed by atoms with E-state index in [1.165, 1.54) is 25.1 Å². The largest absolute Gasteiger partial charge is 0.356 e. The van der Waals surface area contributed by atoms with Gasteiger partial charge in [-0.1, -0.05) is 19.1 Å². The average Bonchev–Trinajstić information content (AvgIpc) is 3.36. The van der Waals surface area contributed by atoms with Crippen molar-refractivity contribution in [1.82, 2.24) is 25.3 Å². The number of hydrogen-bond acceptors (Lipinski definition) is 3. The molecule has 1 aromatic heterocycles. The first-order chi connectivity index (χ1) is 12.8. The number of benzene rings is 1. The third-order valence-electron chi connectivity index (χ3n) is 5.01. The van der Waals surface area contributed by atoms with Crippen molar-refractivity contribution in [2.75, 3.05) is 39.8 Å². The molecule has 0 spiro atoms. The highest BCUT2D eigenvalue weighted by Crippen LogP contribution is 2.14. The average molecular weight is 355 g/mol. The highest BCUT2D eigenvalue weighted by atomic mass is 15.3. The first kappa shape index (κ1) is 18.5. The van der Waals surface area contributed by atoms with Gasteiger partial charge < -0.3 is 15.5 Å². The van der Waals surface area contributed by atoms with E-state index in [0.717, 1.165) is 43.6 Å². The summed E-state index contributed by atoms with van der Waals surface area (Å²) in [7, 11) is 1.83. The minimum absolute atomic E-state index is 0.725. The van der Waals surface area contributed by atoms with Crippen molar-refractivity contribution in [1.29, 1.82) is 0 Å². The lowest BCUT2D eigenvalue weighted by molar-refractivity contribution is 0.342. The van der Waals surface area contributed by atoms with Crippen LogP contribution >= 0.6 is 0 Å². The van der Waals surface area contributed by atoms with E-state index in [1.54, 1.807) is 6.20 Å². The zero-order valence-corrected chi connectivity index (χ0v) is 15.9. The summed E-state index contributed by atoms with van der Waals surface area (Å²) in [5.74, 6) is 1.62. The van der Waals surface area contributed by atoms with Crippen molar-refractivity contribution in [2.45, 2.75) is 19.8 Å². The number of hydrogen-bond donors (Lipinski definition) is 2. The van der Waals surface area contributed by atoms with Crippen LogP contribution in [0.3, 0.4) is 0 Å². The van der Waals surface area contributed by atoms with Gasteiger partial charge in [-0.05, 0) is 55.6 Å². The SMILES string of the molecule is CCN1CCC(CNC(=NC)NCCc2ccc(-n3cccn3)cc2)C1. The molecule has 2 N–H and O–H groups in total. The molecule has 140 valence electrons. The van der Waals surface area contributed by atoms with Gasteiger partial charge in [0.1, 0.15) is 0 Å². The Balaban J connectivity index is 1.39. The molecule has 26 heavy (non-hydrogen) atoms. The van der Waals surface area contributed by atoms with Crippen LogP contribution in [0, 0.1) is 5.92 Å². The fraction of sp³-hybridized carbons (Fsp3) is 0.500. The molecule has 2 heterocycles. The molecule has 6 nitrogen and oxygen atoms in total. The molecule has 1 unspecified atom stereocenters. The normalized spacial score (nSPS) is 18.2. The molecule has 6 heteroatoms. The lowest BCUT2D eigenvalue weighted by Crippen LogP contribution is -2.41. The predicted octanol–water partition coefficient (Wildman–Crippen LogP) is 1.92. The maximum absolute atomic E-state index is 4.34. The van der Waals surface area contributed by atoms with Crippen LogP contribution in [-0.2, 0) is 6.42 Å². The van der Waals surface area contributed by atoms with Gasteiger partial charge in [-0.3, -0.25) is 4.99 Å². The van der Waals surface area contributed by atoms with Crippen LogP contribution in [0.4, 0.5) is 0 Å². The van der Waals surface area contributed by atoms with Gasteiger partial charge in [0.25, 0.3) is 0 Å². The van der Waals surface area contributed by atoms with Gasteiger partial charge in [0, 0.05) is 39.1 Å². The van der Waals surface area contributed by atoms with Crippen LogP contribution in [0.2, 0.25) is 0 Å². The predicted molar refractivity (Wildman–Crippen MR) is 107 cm³/mol. The minimum atomic E-state index is 0.725. The standard InChI is InChI=1S/C20H30N6/c1-3-25-14-10-18(16-25)15-23-20(21-2)22-12-9-17-5-7-19(8-6-17)26-13-4-11-24-26/h4-8,11,13,18H,3,9-10,12,14-16H2,1-2H3,(H2,21,22,23). The molecule has 0 saturated carbocycles. The van der Waals surface area contributed by atoms with Crippen LogP contribution in [0.1, 0.15) is 18.9 Å². The third kappa shape index (κ3) is 5.08. The summed E-state index contributed by atoms with van der Waals surface area (Å²) in [5.41, 5.74) is 2.39. The van der Waals surface area contributed by atoms with Gasteiger partial charge in [0.2, 0.25) is 0 Å². The molecule has 0 radical (unpaired) electrons. The zero-order chi connectivity index (χ0) is 18.2. The molecular weight excluding hydrogens is 324 g/mol. The number of rotatable bonds is 7. The summed E-state index contributed by atoms with van der Waals surface area (Å²) in [6.07, 6.45) is 5.99. The van der Waals surface area contributed by atoms with E-state index in [4.69, 9.17) is 0 Å². The number of likely N-dealkylation sites (tertiary alicyclic amines) is 1. The number of aromatic nitrogens is 2. The van der Waals surface area contributed by atoms with Crippen LogP contribution in [0.5, 0.6) is 0 Å². The smallest absolute Gasteiger partial charge is 0.190 e. The Bertz CT molecular complexity index is 677. The molecule has 1 aliphatic heterocycles. The number of aliphatic imine (C=N–C) groups is 1. The van der Waals surface area contributed by atoms with Gasteiger partial charge in [0.15, 0.2) is 5.96 Å². The van der Waals surface area contributed by atoms with Crippen molar-refractivity contribution in [3.8, 4) is 5.69 Å². The molecule has 1 atom stereocenters. The second-order valence-corrected chi connectivity index (χ2v) is 6.79. The van der Waals surface area contributed by atoms with E-state index in [1.807, 2.05) is 24.0 Å². The van der Waals surface area contributed by atoms with Gasteiger partial charge >= 0.3 is 0 Å². The van der Waals surface area contributed by atoms with Gasteiger partial charge in [-0.15, -0.1) is 0 Å². The highest BCUT2D eigenvalue weighted by molar-refractivity contribution is 5.79. The van der Waals surface area contributed by atoms with Crippen molar-refractivity contribution in [3.05, 3.63) is 48.3 Å². The Morgan fingerprint density at radius 2 is 2.12 bits per heavy atom. The third-order valence-corrected chi connectivity index (χ3v) is 5.01. The Morgan fingerprint density at radius 3 is 2.77 bits per heavy atom. The Labute approximate surface area is 156 Å². The summed E-state index contributed by atoms with van der Waals surface area (Å²) >= 11 is 0. The summed E-state index contributed by atoms with van der Waals surface area (Å²) in [6.45, 7) is 7.67. The molecule has 0 aliphatic carbocycles. The summed E-state index contributed by atoms with van der Waals surface area (Å²) < 4.78 is 1.87. The van der Waals surface area contributed by atoms with E-state index >= 15 is 0 Å². The second kappa shape index (κ2) is 9.38. The zero-order valence-electron chi connectivity index (χ0n) is 15.9. The monoisotopic (exact) mass is 354 g/mol. The molecular formula is C20H30N6. The fourth-order valence-electron chi connectivity index (χ4n) is 3.39. The number of nitrogens with one attached hydrogen (secondary N) is 2. The molecule has 3 rings (SSSR count). The molecule has 1 fully saturated rings. The lowest BCUT2D eigenvalue weighted by Gasteiger charge is -2.16. The van der Waals surface area contributed by atoms with Crippen LogP contribution in [-0.4, -0.2) is 60.4 Å². The van der Waals surface area contributed by atoms with Crippen molar-refractivity contribution in [3.63, 3.8) is 0 Å². The quantitative estimate of drug-likeness (QED) is 0.589. The molecule has 1 aromatic carbocycles. The fourth-order valence-corrected chi connectivity index (χ4v) is 3.39. The maximum Gasteiger partial charge on any atom is 0.190 e. The molecule has 0 amide bonds. The Morgan fingerprint density at radius 1 is 1.27 bits per heavy atom. The maximum atomic E-state index is 4.34. The molecule has 0 bridgehead atoms. The number of guanidine groups is 1. The Hall–Kier alpha value is -2.34. The van der Waals surface area contributed by atoms with Crippen LogP contribution < -0.4 is 10.6 Å². The molecule has 1 aliphatic rings. The summed E-state index contributed by atoms with van der Waals surface area (Å²) in [6, 6.07) is 10.5. The van der Waals surface area contributed by atoms with E-state index in [0.29, 0.717) is 0 Å². The summed E-state index contributed by atoms with van der Waals surface area (Å²) in [5, 5.41) is 11.1. The topological polar surface area (TPSA) is 57.5 Å². The van der Waals surface area contributed by atoms with Crippen LogP contribution in [0.15, 0.2) is 47.7 Å². The lowest BCUT2D eigenvalue weighted by atomic mass is 10.1. The second-order valence-electron chi connectivity index (χ2n) is 6.79. The van der Waals surface area contributed by atoms with E-state index in [-0.39, 0.29) is 0 Å². The first-order valence-electron chi connectivity index (χ1n) is 9.54. The van der Waals surface area contributed by atoms with Crippen molar-refractivity contribution in [2.24, 2.45) is 10.9 Å². The van der Waals surface area contributed by atoms with Gasteiger partial charge in [-0.2, -0.15) is 5.10 Å². The highest BCUT2D eigenvalue weighted by Gasteiger charge is 2.20. The van der Waals surface area contributed by atoms with Crippen molar-refractivity contribution >= 4 is 5.96 Å². The molecule has 1 saturated heterocycles. The first-order valence-corrected chi connectivity index (χ1v) is 9.54. The van der Waals surface area contributed by atoms with Crippen molar-refractivity contribution < 1.29 is 0 Å². The van der Waals surface area contributed by atoms with E-state index in [9.17, 15) is 0 Å². The Kier molecular flexibility index (Phi) is 6.66. The van der Waals surface area contributed by atoms with E-state index in [2.05, 4.69) is 56.8 Å². The van der Waals surface area contributed by atoms with Crippen LogP contribution in [0.25, 0.3) is 5.69 Å². The molecule has 2 aromatic rings. The van der Waals surface area contributed by atoms with Gasteiger partial charge in [-0.25, -0.2) is 4.68 Å². The number of nitrogens with zero attached hydrogens (tertiary/aromatic N) is 4. The van der Waals surface area contributed by atoms with E-state index < -0.39 is 0 Å². The minimum Gasteiger partial charge on any atom is -0.356 e.